The predicted molar refractivity (Wildman–Crippen MR) is 126 cm³/mol. The van der Waals surface area contributed by atoms with Gasteiger partial charge in [0.1, 0.15) is 17.6 Å². The molecule has 1 saturated carbocycles. The Kier molecular flexibility index (Phi) is 7.53. The number of nitrogens with zero attached hydrogens (tertiary/aromatic N) is 1. The number of anilines is 1. The Morgan fingerprint density at radius 3 is 2.41 bits per heavy atom. The van der Waals surface area contributed by atoms with E-state index in [1.807, 2.05) is 57.2 Å². The van der Waals surface area contributed by atoms with Crippen LogP contribution in [0.5, 0.6) is 0 Å². The number of carbonyl (C=O) groups excluding carboxylic acids is 1. The van der Waals surface area contributed by atoms with Gasteiger partial charge in [-0.25, -0.2) is 9.78 Å². The first kappa shape index (κ1) is 23.3. The summed E-state index contributed by atoms with van der Waals surface area (Å²) in [6, 6.07) is 12.6. The summed E-state index contributed by atoms with van der Waals surface area (Å²) >= 11 is 0. The lowest BCUT2D eigenvalue weighted by Gasteiger charge is -2.25. The number of pyridine rings is 1. The van der Waals surface area contributed by atoms with Crippen molar-refractivity contribution in [3.8, 4) is 11.8 Å². The quantitative estimate of drug-likeness (QED) is 0.569. The topological polar surface area (TPSA) is 91.3 Å². The van der Waals surface area contributed by atoms with Crippen molar-refractivity contribution in [1.82, 2.24) is 10.3 Å². The van der Waals surface area contributed by atoms with Crippen molar-refractivity contribution in [2.75, 3.05) is 5.32 Å². The zero-order valence-corrected chi connectivity index (χ0v) is 18.9. The largest absolute Gasteiger partial charge is 0.465 e. The number of amides is 2. The second-order valence-corrected chi connectivity index (χ2v) is 9.49. The minimum atomic E-state index is -1.23. The van der Waals surface area contributed by atoms with E-state index in [9.17, 15) is 9.59 Å². The van der Waals surface area contributed by atoms with E-state index in [1.165, 1.54) is 12.8 Å². The Balaban J connectivity index is 1.87. The highest BCUT2D eigenvalue weighted by molar-refractivity contribution is 5.95. The lowest BCUT2D eigenvalue weighted by molar-refractivity contribution is -0.118. The first-order valence-corrected chi connectivity index (χ1v) is 11.1. The van der Waals surface area contributed by atoms with Crippen LogP contribution in [0.1, 0.15) is 75.6 Å². The predicted octanol–water partition coefficient (Wildman–Crippen LogP) is 5.15. The molecule has 1 fully saturated rings. The lowest BCUT2D eigenvalue weighted by atomic mass is 9.88. The van der Waals surface area contributed by atoms with Gasteiger partial charge in [0, 0.05) is 5.56 Å². The fourth-order valence-corrected chi connectivity index (χ4v) is 4.04. The first-order valence-electron chi connectivity index (χ1n) is 11.1. The zero-order valence-electron chi connectivity index (χ0n) is 18.9. The van der Waals surface area contributed by atoms with Crippen LogP contribution in [0.15, 0.2) is 42.5 Å². The molecule has 3 N–H and O–H groups in total. The molecular formula is C26H31N3O3. The molecule has 0 bridgehead atoms. The summed E-state index contributed by atoms with van der Waals surface area (Å²) in [6.45, 7) is 5.88. The van der Waals surface area contributed by atoms with Crippen molar-refractivity contribution in [2.24, 2.45) is 5.41 Å². The van der Waals surface area contributed by atoms with Gasteiger partial charge in [0.15, 0.2) is 0 Å². The van der Waals surface area contributed by atoms with Gasteiger partial charge in [0.2, 0.25) is 5.91 Å². The van der Waals surface area contributed by atoms with Gasteiger partial charge >= 0.3 is 6.09 Å². The van der Waals surface area contributed by atoms with Crippen LogP contribution in [-0.2, 0) is 4.79 Å². The van der Waals surface area contributed by atoms with Gasteiger partial charge in [0.05, 0.1) is 0 Å². The summed E-state index contributed by atoms with van der Waals surface area (Å²) in [4.78, 5) is 28.7. The molecule has 1 atom stereocenters. The average Bonchev–Trinajstić information content (AvgIpc) is 3.26. The molecule has 0 saturated heterocycles. The highest BCUT2D eigenvalue weighted by atomic mass is 16.4. The van der Waals surface area contributed by atoms with E-state index in [-0.39, 0.29) is 5.41 Å². The minimum Gasteiger partial charge on any atom is -0.465 e. The number of carboxylic acid groups (broad SMARTS) is 1. The third-order valence-electron chi connectivity index (χ3n) is 5.50. The van der Waals surface area contributed by atoms with Crippen LogP contribution in [0.4, 0.5) is 10.6 Å². The molecule has 0 spiro atoms. The summed E-state index contributed by atoms with van der Waals surface area (Å²) in [5.74, 6) is 6.74. The smallest absolute Gasteiger partial charge is 0.405 e. The molecule has 0 aliphatic heterocycles. The second kappa shape index (κ2) is 10.3. The summed E-state index contributed by atoms with van der Waals surface area (Å²) in [6.07, 6.45) is 3.76. The molecule has 168 valence electrons. The first-order chi connectivity index (χ1) is 15.2. The summed E-state index contributed by atoms with van der Waals surface area (Å²) in [5, 5.41) is 14.3. The Labute approximate surface area is 189 Å². The van der Waals surface area contributed by atoms with Crippen LogP contribution in [0.25, 0.3) is 0 Å². The highest BCUT2D eigenvalue weighted by Gasteiger charge is 2.27. The van der Waals surface area contributed by atoms with Gasteiger partial charge in [-0.1, -0.05) is 63.8 Å². The molecule has 1 aromatic heterocycles. The van der Waals surface area contributed by atoms with Gasteiger partial charge in [-0.15, -0.1) is 0 Å². The van der Waals surface area contributed by atoms with Gasteiger partial charge in [-0.2, -0.15) is 0 Å². The molecular weight excluding hydrogens is 402 g/mol. The van der Waals surface area contributed by atoms with Gasteiger partial charge in [0.25, 0.3) is 0 Å². The second-order valence-electron chi connectivity index (χ2n) is 9.49. The molecule has 6 heteroatoms. The van der Waals surface area contributed by atoms with E-state index < -0.39 is 18.0 Å². The summed E-state index contributed by atoms with van der Waals surface area (Å²) in [5.41, 5.74) is 2.45. The van der Waals surface area contributed by atoms with Crippen molar-refractivity contribution >= 4 is 17.8 Å². The van der Waals surface area contributed by atoms with Gasteiger partial charge in [-0.05, 0) is 60.3 Å². The van der Waals surface area contributed by atoms with Crippen LogP contribution in [0, 0.1) is 17.3 Å². The maximum Gasteiger partial charge on any atom is 0.405 e. The van der Waals surface area contributed by atoms with Crippen LogP contribution < -0.4 is 10.6 Å². The maximum atomic E-state index is 12.8. The summed E-state index contributed by atoms with van der Waals surface area (Å²) in [7, 11) is 0. The van der Waals surface area contributed by atoms with Crippen molar-refractivity contribution in [1.29, 1.82) is 0 Å². The van der Waals surface area contributed by atoms with E-state index in [0.29, 0.717) is 23.9 Å². The number of hydrogen-bond acceptors (Lipinski definition) is 3. The molecule has 1 heterocycles. The van der Waals surface area contributed by atoms with E-state index in [1.54, 1.807) is 6.07 Å². The third-order valence-corrected chi connectivity index (χ3v) is 5.50. The van der Waals surface area contributed by atoms with E-state index in [0.717, 1.165) is 24.0 Å². The number of carbonyl (C=O) groups is 2. The highest BCUT2D eigenvalue weighted by Crippen LogP contribution is 2.35. The Morgan fingerprint density at radius 1 is 1.09 bits per heavy atom. The molecule has 1 aliphatic rings. The normalized spacial score (nSPS) is 14.8. The molecule has 1 aromatic carbocycles. The molecule has 0 radical (unpaired) electrons. The molecule has 2 amide bonds. The van der Waals surface area contributed by atoms with E-state index >= 15 is 0 Å². The molecule has 32 heavy (non-hydrogen) atoms. The molecule has 3 rings (SSSR count). The molecule has 1 aliphatic carbocycles. The molecule has 6 nitrogen and oxygen atoms in total. The Bertz CT molecular complexity index is 1010. The number of hydrogen-bond donors (Lipinski definition) is 3. The van der Waals surface area contributed by atoms with Crippen molar-refractivity contribution < 1.29 is 14.7 Å². The minimum absolute atomic E-state index is 0.226. The van der Waals surface area contributed by atoms with Gasteiger partial charge in [-0.3, -0.25) is 4.79 Å². The Morgan fingerprint density at radius 2 is 1.78 bits per heavy atom. The number of benzene rings is 1. The maximum absolute atomic E-state index is 12.8. The zero-order chi connectivity index (χ0) is 23.1. The Hall–Kier alpha value is -3.33. The monoisotopic (exact) mass is 433 g/mol. The average molecular weight is 434 g/mol. The molecule has 2 aromatic rings. The van der Waals surface area contributed by atoms with Crippen molar-refractivity contribution in [3.05, 3.63) is 59.3 Å². The standard InChI is InChI=1S/C26H31N3O3/c1-26(2,3)17-22(28-25(31)32)24(30)29-23-16-14-20(19-11-7-8-12-19)21(27-23)15-13-18-9-5-4-6-10-18/h4-6,9-10,14,16,19,22,28H,7-8,11-12,17H2,1-3H3,(H,31,32)(H,27,29,30). The van der Waals surface area contributed by atoms with Crippen LogP contribution in [-0.4, -0.2) is 28.1 Å². The molecule has 1 unspecified atom stereocenters. The van der Waals surface area contributed by atoms with Crippen molar-refractivity contribution in [2.45, 2.75) is 64.8 Å². The number of aromatic nitrogens is 1. The van der Waals surface area contributed by atoms with Crippen LogP contribution in [0.3, 0.4) is 0 Å². The SMILES string of the molecule is CC(C)(C)CC(NC(=O)O)C(=O)Nc1ccc(C2CCCC2)c(C#Cc2ccccc2)n1. The number of rotatable bonds is 5. The van der Waals surface area contributed by atoms with Crippen molar-refractivity contribution in [3.63, 3.8) is 0 Å². The van der Waals surface area contributed by atoms with E-state index in [4.69, 9.17) is 5.11 Å². The fraction of sp³-hybridized carbons (Fsp3) is 0.423. The lowest BCUT2D eigenvalue weighted by Crippen LogP contribution is -2.45. The summed E-state index contributed by atoms with van der Waals surface area (Å²) < 4.78 is 0. The van der Waals surface area contributed by atoms with Crippen LogP contribution >= 0.6 is 0 Å². The third kappa shape index (κ3) is 6.84. The van der Waals surface area contributed by atoms with Gasteiger partial charge < -0.3 is 15.7 Å². The number of nitrogens with one attached hydrogen (secondary N) is 2. The van der Waals surface area contributed by atoms with Crippen LogP contribution in [0.2, 0.25) is 0 Å². The fourth-order valence-electron chi connectivity index (χ4n) is 4.04. The van der Waals surface area contributed by atoms with E-state index in [2.05, 4.69) is 27.5 Å².